The topological polar surface area (TPSA) is 228 Å². The van der Waals surface area contributed by atoms with Gasteiger partial charge in [0.25, 0.3) is 11.8 Å². The highest BCUT2D eigenvalue weighted by Crippen LogP contribution is 2.37. The number of halogens is 2. The molecule has 16 nitrogen and oxygen atoms in total. The molecule has 1 saturated carbocycles. The molecule has 2 aromatic heterocycles. The van der Waals surface area contributed by atoms with Gasteiger partial charge < -0.3 is 45.8 Å². The highest BCUT2D eigenvalue weighted by Gasteiger charge is 2.24. The molecule has 5 aromatic carbocycles. The maximum Gasteiger partial charge on any atom is 0.417 e. The van der Waals surface area contributed by atoms with E-state index in [1.165, 1.54) is 14.2 Å². The van der Waals surface area contributed by atoms with Crippen LogP contribution in [0.2, 0.25) is 10.0 Å². The molecule has 1 aliphatic carbocycles. The number of carbonyl (C=O) groups excluding carboxylic acids is 4. The fourth-order valence-electron chi connectivity index (χ4n) is 6.08. The number of nitrogens with one attached hydrogen (secondary N) is 3. The molecule has 0 radical (unpaired) electrons. The van der Waals surface area contributed by atoms with Gasteiger partial charge in [0.15, 0.2) is 0 Å². The lowest BCUT2D eigenvalue weighted by Gasteiger charge is -2.13. The van der Waals surface area contributed by atoms with Crippen molar-refractivity contribution in [1.29, 1.82) is 0 Å². The molecule has 8 rings (SSSR count). The maximum atomic E-state index is 12.1. The summed E-state index contributed by atoms with van der Waals surface area (Å²) >= 11 is 12.6. The molecular weight excluding hydrogens is 853 g/mol. The van der Waals surface area contributed by atoms with Crippen LogP contribution in [0.4, 0.5) is 21.0 Å². The summed E-state index contributed by atoms with van der Waals surface area (Å²) in [6.07, 6.45) is 4.47. The van der Waals surface area contributed by atoms with Crippen molar-refractivity contribution >= 4 is 80.3 Å². The summed E-state index contributed by atoms with van der Waals surface area (Å²) < 4.78 is 27.6. The van der Waals surface area contributed by atoms with Crippen molar-refractivity contribution in [2.24, 2.45) is 11.5 Å². The van der Waals surface area contributed by atoms with Gasteiger partial charge in [-0.05, 0) is 73.5 Å². The van der Waals surface area contributed by atoms with E-state index in [1.807, 2.05) is 6.07 Å². The zero-order chi connectivity index (χ0) is 44.6. The molecule has 7 N–H and O–H groups in total. The second-order valence-electron chi connectivity index (χ2n) is 13.7. The summed E-state index contributed by atoms with van der Waals surface area (Å²) in [6, 6.07) is 28.0. The molecule has 0 bridgehead atoms. The Balaban J connectivity index is 0.000000190. The Labute approximate surface area is 369 Å². The van der Waals surface area contributed by atoms with Gasteiger partial charge in [0, 0.05) is 53.5 Å². The minimum absolute atomic E-state index is 0.206. The van der Waals surface area contributed by atoms with E-state index in [2.05, 4.69) is 25.9 Å². The summed E-state index contributed by atoms with van der Waals surface area (Å²) in [6.45, 7) is 0. The van der Waals surface area contributed by atoms with E-state index in [9.17, 15) is 19.2 Å². The first-order chi connectivity index (χ1) is 30.4. The number of benzene rings is 5. The molecule has 320 valence electrons. The van der Waals surface area contributed by atoms with Crippen molar-refractivity contribution in [2.45, 2.75) is 18.9 Å². The number of hydrogen-bond donors (Lipinski definition) is 5. The fraction of sp³-hybridized carbons (Fsp3) is 0.111. The van der Waals surface area contributed by atoms with Crippen LogP contribution in [0.5, 0.6) is 40.2 Å². The molecule has 0 aliphatic heterocycles. The van der Waals surface area contributed by atoms with E-state index in [-0.39, 0.29) is 28.2 Å². The van der Waals surface area contributed by atoms with E-state index < -0.39 is 17.9 Å². The summed E-state index contributed by atoms with van der Waals surface area (Å²) in [5.74, 6) is 1.57. The lowest BCUT2D eigenvalue weighted by molar-refractivity contribution is 0.0989. The molecule has 63 heavy (non-hydrogen) atoms. The summed E-state index contributed by atoms with van der Waals surface area (Å²) in [4.78, 5) is 56.2. The van der Waals surface area contributed by atoms with Crippen LogP contribution in [-0.4, -0.2) is 54.2 Å². The van der Waals surface area contributed by atoms with Gasteiger partial charge in [-0.3, -0.25) is 24.9 Å². The third-order valence-electron chi connectivity index (χ3n) is 9.26. The Morgan fingerprint density at radius 1 is 0.603 bits per heavy atom. The maximum absolute atomic E-state index is 12.1. The monoisotopic (exact) mass is 889 g/mol. The summed E-state index contributed by atoms with van der Waals surface area (Å²) in [7, 11) is 2.90. The average molecular weight is 891 g/mol. The van der Waals surface area contributed by atoms with Crippen molar-refractivity contribution in [1.82, 2.24) is 15.3 Å². The molecule has 1 aliphatic rings. The molecule has 1 fully saturated rings. The number of anilines is 2. The van der Waals surface area contributed by atoms with Gasteiger partial charge in [-0.2, -0.15) is 0 Å². The number of amides is 5. The molecule has 18 heteroatoms. The number of para-hydroxylation sites is 1. The smallest absolute Gasteiger partial charge is 0.417 e. The normalized spacial score (nSPS) is 11.7. The first-order valence-corrected chi connectivity index (χ1v) is 19.7. The first kappa shape index (κ1) is 43.3. The SMILES string of the molecule is COc1cc2nccc(Oc3ccc(NC(=O)NC4CC4)c(Cl)c3)c2cc1C(N)=O.COc1cc2nccc(Oc3ccc(NC(=O)Oc4ccccc4)c(Cl)c3)c2cc1C(N)=O. The third-order valence-corrected chi connectivity index (χ3v) is 9.89. The number of hydrogen-bond acceptors (Lipinski definition) is 11. The lowest BCUT2D eigenvalue weighted by Crippen LogP contribution is -2.30. The Bertz CT molecular complexity index is 2880. The number of urea groups is 1. The van der Waals surface area contributed by atoms with E-state index in [0.717, 1.165) is 12.8 Å². The van der Waals surface area contributed by atoms with Crippen LogP contribution in [0.1, 0.15) is 33.6 Å². The van der Waals surface area contributed by atoms with Gasteiger partial charge in [-0.25, -0.2) is 9.59 Å². The van der Waals surface area contributed by atoms with Gasteiger partial charge in [-0.1, -0.05) is 41.4 Å². The molecule has 5 amide bonds. The van der Waals surface area contributed by atoms with Crippen molar-refractivity contribution in [2.75, 3.05) is 24.9 Å². The van der Waals surface area contributed by atoms with Gasteiger partial charge >= 0.3 is 12.1 Å². The Morgan fingerprint density at radius 3 is 1.54 bits per heavy atom. The lowest BCUT2D eigenvalue weighted by atomic mass is 10.1. The molecule has 2 heterocycles. The van der Waals surface area contributed by atoms with Crippen molar-refractivity contribution < 1.29 is 42.9 Å². The predicted octanol–water partition coefficient (Wildman–Crippen LogP) is 9.47. The first-order valence-electron chi connectivity index (χ1n) is 19.0. The molecular formula is C45H37Cl2N7O9. The van der Waals surface area contributed by atoms with Crippen molar-refractivity contribution in [3.63, 3.8) is 0 Å². The Morgan fingerprint density at radius 2 is 1.10 bits per heavy atom. The van der Waals surface area contributed by atoms with Crippen molar-refractivity contribution in [3.05, 3.63) is 137 Å². The highest BCUT2D eigenvalue weighted by molar-refractivity contribution is 6.34. The minimum atomic E-state index is -0.676. The van der Waals surface area contributed by atoms with Crippen molar-refractivity contribution in [3.8, 4) is 40.2 Å². The molecule has 0 saturated heterocycles. The largest absolute Gasteiger partial charge is 0.496 e. The van der Waals surface area contributed by atoms with Crippen LogP contribution in [0.3, 0.4) is 0 Å². The standard InChI is InChI=1S/C24H18ClN3O5.C21H19ClN4O4/c1-31-22-13-20-16(12-17(22)23(26)29)21(9-10-27-20)32-15-7-8-19(18(25)11-15)28-24(30)33-14-5-3-2-4-6-14;1-29-19-10-17-13(9-14(19)20(23)27)18(6-7-24-17)30-12-4-5-16(15(22)8-12)26-21(28)25-11-2-3-11/h2-13H,1H3,(H2,26,29)(H,28,30);4-11H,2-3H2,1H3,(H2,23,27)(H2,25,26,28). The average Bonchev–Trinajstić information content (AvgIpc) is 4.09. The second-order valence-corrected chi connectivity index (χ2v) is 14.5. The fourth-order valence-corrected chi connectivity index (χ4v) is 6.51. The van der Waals surface area contributed by atoms with E-state index in [0.29, 0.717) is 78.4 Å². The van der Waals surface area contributed by atoms with Crippen LogP contribution < -0.4 is 51.1 Å². The van der Waals surface area contributed by atoms with Gasteiger partial charge in [0.1, 0.15) is 40.2 Å². The number of rotatable bonds is 12. The zero-order valence-corrected chi connectivity index (χ0v) is 35.0. The van der Waals surface area contributed by atoms with Crippen LogP contribution in [0, 0.1) is 0 Å². The second kappa shape index (κ2) is 19.3. The molecule has 0 atom stereocenters. The number of primary amides is 2. The number of aromatic nitrogens is 2. The van der Waals surface area contributed by atoms with E-state index >= 15 is 0 Å². The number of carbonyl (C=O) groups is 4. The number of nitrogens with zero attached hydrogens (tertiary/aromatic N) is 2. The summed E-state index contributed by atoms with van der Waals surface area (Å²) in [5.41, 5.74) is 13.3. The highest BCUT2D eigenvalue weighted by atomic mass is 35.5. The van der Waals surface area contributed by atoms with Gasteiger partial charge in [0.2, 0.25) is 0 Å². The quantitative estimate of drug-likeness (QED) is 0.0776. The predicted molar refractivity (Wildman–Crippen MR) is 238 cm³/mol. The van der Waals surface area contributed by atoms with Crippen LogP contribution >= 0.6 is 23.2 Å². The molecule has 0 unspecified atom stereocenters. The molecule has 7 aromatic rings. The van der Waals surface area contributed by atoms with Crippen LogP contribution in [0.25, 0.3) is 21.8 Å². The number of nitrogens with two attached hydrogens (primary N) is 2. The minimum Gasteiger partial charge on any atom is -0.496 e. The van der Waals surface area contributed by atoms with Gasteiger partial charge in [-0.15, -0.1) is 0 Å². The van der Waals surface area contributed by atoms with E-state index in [4.69, 9.17) is 58.4 Å². The Kier molecular flexibility index (Phi) is 13.2. The number of methoxy groups -OCH3 is 2. The Hall–Kier alpha value is -7.82. The number of ether oxygens (including phenoxy) is 5. The summed E-state index contributed by atoms with van der Waals surface area (Å²) in [5, 5.41) is 9.88. The number of pyridine rings is 2. The number of fused-ring (bicyclic) bond motifs is 2. The van der Waals surface area contributed by atoms with Crippen LogP contribution in [-0.2, 0) is 0 Å². The molecule has 0 spiro atoms. The van der Waals surface area contributed by atoms with Crippen LogP contribution in [0.15, 0.2) is 116 Å². The third kappa shape index (κ3) is 10.7. The van der Waals surface area contributed by atoms with Gasteiger partial charge in [0.05, 0.1) is 57.8 Å². The van der Waals surface area contributed by atoms with E-state index in [1.54, 1.807) is 109 Å². The zero-order valence-electron chi connectivity index (χ0n) is 33.4.